The minimum atomic E-state index is -0.251. The first-order valence-electron chi connectivity index (χ1n) is 11.3. The van der Waals surface area contributed by atoms with Gasteiger partial charge in [-0.1, -0.05) is 24.4 Å². The molecule has 1 atom stereocenters. The van der Waals surface area contributed by atoms with Crippen molar-refractivity contribution in [2.24, 2.45) is 5.92 Å². The van der Waals surface area contributed by atoms with E-state index in [9.17, 15) is 4.79 Å². The van der Waals surface area contributed by atoms with E-state index in [-0.39, 0.29) is 17.1 Å². The molecular weight excluding hydrogens is 398 g/mol. The highest BCUT2D eigenvalue weighted by Gasteiger charge is 2.54. The fraction of sp³-hybridized carbons (Fsp3) is 0.542. The van der Waals surface area contributed by atoms with E-state index in [0.29, 0.717) is 12.5 Å². The Morgan fingerprint density at radius 3 is 2.77 bits per heavy atom. The van der Waals surface area contributed by atoms with Gasteiger partial charge in [0.1, 0.15) is 5.54 Å². The van der Waals surface area contributed by atoms with Crippen LogP contribution in [0, 0.1) is 5.92 Å². The molecule has 2 aromatic rings. The van der Waals surface area contributed by atoms with Crippen LogP contribution in [0.3, 0.4) is 0 Å². The molecule has 0 radical (unpaired) electrons. The quantitative estimate of drug-likeness (QED) is 0.718. The number of carbonyl (C=O) groups excluding carboxylic acids is 1. The maximum absolute atomic E-state index is 12.9. The fourth-order valence-corrected chi connectivity index (χ4v) is 6.35. The molecule has 2 saturated heterocycles. The number of nitrogens with zero attached hydrogens (tertiary/aromatic N) is 2. The molecule has 6 rings (SSSR count). The molecule has 158 valence electrons. The number of aromatic nitrogens is 1. The number of fused-ring (bicyclic) bond motifs is 4. The third-order valence-electron chi connectivity index (χ3n) is 7.77. The van der Waals surface area contributed by atoms with Gasteiger partial charge in [0, 0.05) is 36.6 Å². The highest BCUT2D eigenvalue weighted by Crippen LogP contribution is 2.50. The van der Waals surface area contributed by atoms with Crippen LogP contribution in [0.1, 0.15) is 50.6 Å². The topological polar surface area (TPSA) is 46.5 Å². The molecule has 0 bridgehead atoms. The lowest BCUT2D eigenvalue weighted by molar-refractivity contribution is -0.140. The molecule has 1 saturated carbocycles. The maximum atomic E-state index is 12.9. The number of hydrogen-bond donors (Lipinski definition) is 1. The molecule has 3 aliphatic heterocycles. The van der Waals surface area contributed by atoms with E-state index in [4.69, 9.17) is 16.3 Å². The van der Waals surface area contributed by atoms with Gasteiger partial charge in [0.05, 0.1) is 29.3 Å². The third-order valence-corrected chi connectivity index (χ3v) is 8.01. The average molecular weight is 426 g/mol. The van der Waals surface area contributed by atoms with Crippen molar-refractivity contribution in [2.75, 3.05) is 25.0 Å². The van der Waals surface area contributed by atoms with Crippen LogP contribution in [-0.4, -0.2) is 40.7 Å². The first-order chi connectivity index (χ1) is 14.6. The molecule has 1 aliphatic carbocycles. The molecule has 3 fully saturated rings. The molecule has 1 N–H and O–H groups in total. The normalized spacial score (nSPS) is 27.3. The smallest absolute Gasteiger partial charge is 0.225 e. The van der Waals surface area contributed by atoms with E-state index in [1.54, 1.807) is 0 Å². The van der Waals surface area contributed by atoms with Crippen LogP contribution in [0.25, 0.3) is 5.69 Å². The molecule has 4 heterocycles. The number of nitrogens with one attached hydrogen (secondary N) is 1. The number of amides is 1. The lowest BCUT2D eigenvalue weighted by atomic mass is 9.79. The predicted octanol–water partition coefficient (Wildman–Crippen LogP) is 4.72. The fourth-order valence-electron chi connectivity index (χ4n) is 6.18. The molecule has 1 unspecified atom stereocenters. The first kappa shape index (κ1) is 18.8. The zero-order valence-corrected chi connectivity index (χ0v) is 18.0. The zero-order chi connectivity index (χ0) is 20.3. The minimum Gasteiger partial charge on any atom is -0.372 e. The number of ether oxygens (including phenoxy) is 1. The highest BCUT2D eigenvalue weighted by atomic mass is 35.5. The summed E-state index contributed by atoms with van der Waals surface area (Å²) in [5, 5.41) is 4.53. The van der Waals surface area contributed by atoms with Crippen molar-refractivity contribution >= 4 is 23.2 Å². The Hall–Kier alpha value is -1.98. The van der Waals surface area contributed by atoms with Gasteiger partial charge in [0.15, 0.2) is 0 Å². The lowest BCUT2D eigenvalue weighted by Gasteiger charge is -2.41. The Bertz CT molecular complexity index is 988. The molecule has 1 amide bonds. The van der Waals surface area contributed by atoms with Crippen LogP contribution in [-0.2, 0) is 15.1 Å². The number of benzene rings is 1. The van der Waals surface area contributed by atoms with Gasteiger partial charge in [0.25, 0.3) is 0 Å². The van der Waals surface area contributed by atoms with Crippen LogP contribution in [0.15, 0.2) is 36.5 Å². The van der Waals surface area contributed by atoms with Gasteiger partial charge in [0.2, 0.25) is 5.91 Å². The maximum Gasteiger partial charge on any atom is 0.225 e. The van der Waals surface area contributed by atoms with Gasteiger partial charge in [-0.05, 0) is 56.0 Å². The summed E-state index contributed by atoms with van der Waals surface area (Å²) in [6.07, 6.45) is 9.43. The molecule has 2 spiro atoms. The number of rotatable bonds is 1. The number of anilines is 1. The number of hydrogen-bond acceptors (Lipinski definition) is 3. The van der Waals surface area contributed by atoms with Crippen LogP contribution in [0.2, 0.25) is 5.02 Å². The lowest BCUT2D eigenvalue weighted by Crippen LogP contribution is -2.49. The molecular formula is C24H28ClN3O2. The Morgan fingerprint density at radius 2 is 1.97 bits per heavy atom. The molecule has 30 heavy (non-hydrogen) atoms. The van der Waals surface area contributed by atoms with Gasteiger partial charge in [-0.15, -0.1) is 0 Å². The van der Waals surface area contributed by atoms with Crippen LogP contribution >= 0.6 is 11.6 Å². The Labute approximate surface area is 182 Å². The molecule has 1 aromatic carbocycles. The predicted molar refractivity (Wildman–Crippen MR) is 117 cm³/mol. The molecule has 1 aromatic heterocycles. The van der Waals surface area contributed by atoms with Crippen molar-refractivity contribution in [1.82, 2.24) is 9.47 Å². The van der Waals surface area contributed by atoms with Crippen molar-refractivity contribution in [3.63, 3.8) is 0 Å². The van der Waals surface area contributed by atoms with E-state index in [1.165, 1.54) is 18.5 Å². The minimum absolute atomic E-state index is 0.162. The standard InChI is InChI=1S/C24H28ClN3O2/c25-18-7-8-20-19(14-18)26-24(21-6-3-11-28(20)21)15-23(30-16-24)9-12-27(13-10-23)22(29)17-4-1-2-5-17/h3,6-8,11,14,17,26H,1-2,4-5,9-10,12-13,15-16H2. The first-order valence-corrected chi connectivity index (χ1v) is 11.6. The Kier molecular flexibility index (Phi) is 4.23. The highest BCUT2D eigenvalue weighted by molar-refractivity contribution is 6.31. The number of likely N-dealkylation sites (tertiary alicyclic amines) is 1. The molecule has 4 aliphatic rings. The second kappa shape index (κ2) is 6.76. The van der Waals surface area contributed by atoms with E-state index in [1.807, 2.05) is 12.1 Å². The van der Waals surface area contributed by atoms with Crippen LogP contribution < -0.4 is 5.32 Å². The van der Waals surface area contributed by atoms with E-state index in [0.717, 1.165) is 61.6 Å². The molecule has 6 heteroatoms. The van der Waals surface area contributed by atoms with E-state index < -0.39 is 0 Å². The van der Waals surface area contributed by atoms with E-state index in [2.05, 4.69) is 39.2 Å². The summed E-state index contributed by atoms with van der Waals surface area (Å²) in [7, 11) is 0. The van der Waals surface area contributed by atoms with Gasteiger partial charge in [-0.3, -0.25) is 4.79 Å². The summed E-state index contributed by atoms with van der Waals surface area (Å²) < 4.78 is 8.82. The SMILES string of the molecule is O=C(C1CCCC1)N1CCC2(CC1)CC1(CO2)Nc2cc(Cl)ccc2-n2cccc21. The van der Waals surface area contributed by atoms with Gasteiger partial charge >= 0.3 is 0 Å². The Morgan fingerprint density at radius 1 is 1.17 bits per heavy atom. The van der Waals surface area contributed by atoms with Gasteiger partial charge < -0.3 is 19.5 Å². The van der Waals surface area contributed by atoms with E-state index >= 15 is 0 Å². The second-order valence-electron chi connectivity index (χ2n) is 9.59. The van der Waals surface area contributed by atoms with Crippen molar-refractivity contribution in [1.29, 1.82) is 0 Å². The summed E-state index contributed by atoms with van der Waals surface area (Å²) in [6.45, 7) is 2.27. The van der Waals surface area contributed by atoms with Crippen molar-refractivity contribution < 1.29 is 9.53 Å². The number of carbonyl (C=O) groups is 1. The summed E-state index contributed by atoms with van der Waals surface area (Å²) in [5.41, 5.74) is 3.02. The summed E-state index contributed by atoms with van der Waals surface area (Å²) in [5.74, 6) is 0.641. The Balaban J connectivity index is 1.23. The summed E-state index contributed by atoms with van der Waals surface area (Å²) in [4.78, 5) is 15.0. The number of piperidine rings is 1. The number of halogens is 1. The summed E-state index contributed by atoms with van der Waals surface area (Å²) in [6, 6.07) is 10.3. The third kappa shape index (κ3) is 2.82. The largest absolute Gasteiger partial charge is 0.372 e. The van der Waals surface area contributed by atoms with Crippen molar-refractivity contribution in [3.05, 3.63) is 47.2 Å². The van der Waals surface area contributed by atoms with Crippen LogP contribution in [0.5, 0.6) is 0 Å². The zero-order valence-electron chi connectivity index (χ0n) is 17.2. The summed E-state index contributed by atoms with van der Waals surface area (Å²) >= 11 is 6.30. The second-order valence-corrected chi connectivity index (χ2v) is 10.0. The van der Waals surface area contributed by atoms with Crippen molar-refractivity contribution in [2.45, 2.75) is 56.1 Å². The monoisotopic (exact) mass is 425 g/mol. The van der Waals surface area contributed by atoms with Crippen LogP contribution in [0.4, 0.5) is 5.69 Å². The van der Waals surface area contributed by atoms with Gasteiger partial charge in [-0.25, -0.2) is 0 Å². The van der Waals surface area contributed by atoms with Gasteiger partial charge in [-0.2, -0.15) is 0 Å². The average Bonchev–Trinajstić information content (AvgIpc) is 3.49. The molecule has 5 nitrogen and oxygen atoms in total. The van der Waals surface area contributed by atoms with Crippen molar-refractivity contribution in [3.8, 4) is 5.69 Å².